The lowest BCUT2D eigenvalue weighted by Gasteiger charge is -2.21. The second-order valence-corrected chi connectivity index (χ2v) is 6.34. The van der Waals surface area contributed by atoms with E-state index in [0.29, 0.717) is 6.54 Å². The summed E-state index contributed by atoms with van der Waals surface area (Å²) >= 11 is 0. The van der Waals surface area contributed by atoms with E-state index in [9.17, 15) is 18.0 Å². The molecule has 0 aliphatic heterocycles. The maximum absolute atomic E-state index is 12.5. The molecule has 146 valence electrons. The number of carbonyl (C=O) groups excluding carboxylic acids is 1. The summed E-state index contributed by atoms with van der Waals surface area (Å²) in [5.41, 5.74) is 1.48. The van der Waals surface area contributed by atoms with Crippen molar-refractivity contribution in [2.45, 2.75) is 32.2 Å². The first kappa shape index (κ1) is 20.6. The topological polar surface area (TPSA) is 41.6 Å². The first-order valence-electron chi connectivity index (χ1n) is 8.64. The molecule has 2 aromatic rings. The zero-order valence-corrected chi connectivity index (χ0v) is 15.3. The number of ether oxygens (including phenoxy) is 1. The minimum absolute atomic E-state index is 0.00628. The summed E-state index contributed by atoms with van der Waals surface area (Å²) in [6, 6.07) is 15.4. The van der Waals surface area contributed by atoms with Crippen molar-refractivity contribution < 1.29 is 22.7 Å². The summed E-state index contributed by atoms with van der Waals surface area (Å²) in [4.78, 5) is 13.5. The van der Waals surface area contributed by atoms with Crippen molar-refractivity contribution in [2.75, 3.05) is 13.6 Å². The van der Waals surface area contributed by atoms with Crippen molar-refractivity contribution in [2.24, 2.45) is 0 Å². The highest BCUT2D eigenvalue weighted by Gasteiger charge is 2.32. The van der Waals surface area contributed by atoms with E-state index in [0.717, 1.165) is 6.42 Å². The van der Waals surface area contributed by atoms with Crippen molar-refractivity contribution in [3.05, 3.63) is 65.7 Å². The molecule has 0 saturated carbocycles. The summed E-state index contributed by atoms with van der Waals surface area (Å²) in [6.45, 7) is 2.56. The maximum Gasteiger partial charge on any atom is 0.573 e. The fraction of sp³-hybridized carbons (Fsp3) is 0.350. The average Bonchev–Trinajstić information content (AvgIpc) is 2.62. The molecule has 0 heterocycles. The second kappa shape index (κ2) is 9.30. The van der Waals surface area contributed by atoms with Gasteiger partial charge < -0.3 is 15.0 Å². The number of rotatable bonds is 7. The fourth-order valence-electron chi connectivity index (χ4n) is 2.66. The normalized spacial score (nSPS) is 12.3. The van der Waals surface area contributed by atoms with E-state index < -0.39 is 6.36 Å². The van der Waals surface area contributed by atoms with Gasteiger partial charge in [0.15, 0.2) is 0 Å². The van der Waals surface area contributed by atoms with Gasteiger partial charge in [0.05, 0.1) is 6.54 Å². The van der Waals surface area contributed by atoms with E-state index in [1.54, 1.807) is 6.07 Å². The molecule has 0 saturated heterocycles. The molecule has 2 rings (SSSR count). The van der Waals surface area contributed by atoms with Gasteiger partial charge in [0.2, 0.25) is 0 Å². The Hall–Kier alpha value is -2.70. The summed E-state index contributed by atoms with van der Waals surface area (Å²) in [7, 11) is 1.53. The minimum atomic E-state index is -4.77. The number of hydrogen-bond donors (Lipinski definition) is 1. The number of carbonyl (C=O) groups is 1. The van der Waals surface area contributed by atoms with Crippen molar-refractivity contribution in [1.82, 2.24) is 10.2 Å². The zero-order chi connectivity index (χ0) is 19.9. The number of para-hydroxylation sites is 1. The van der Waals surface area contributed by atoms with Crippen LogP contribution in [0.2, 0.25) is 0 Å². The Morgan fingerprint density at radius 1 is 1.11 bits per heavy atom. The molecule has 0 aromatic heterocycles. The van der Waals surface area contributed by atoms with Crippen molar-refractivity contribution in [3.8, 4) is 5.75 Å². The number of benzene rings is 2. The standard InChI is InChI=1S/C20H23F3N2O2/c1-15(16-8-4-3-5-9-16)12-13-24-19(26)25(2)14-17-10-6-7-11-18(17)27-20(21,22)23/h3-11,15H,12-14H2,1-2H3,(H,24,26). The number of alkyl halides is 3. The molecule has 4 nitrogen and oxygen atoms in total. The van der Waals surface area contributed by atoms with Gasteiger partial charge in [0, 0.05) is 19.2 Å². The van der Waals surface area contributed by atoms with Crippen LogP contribution in [0.4, 0.5) is 18.0 Å². The lowest BCUT2D eigenvalue weighted by Crippen LogP contribution is -2.37. The molecule has 27 heavy (non-hydrogen) atoms. The Kier molecular flexibility index (Phi) is 7.10. The molecule has 2 aromatic carbocycles. The third-order valence-corrected chi connectivity index (χ3v) is 4.17. The summed E-state index contributed by atoms with van der Waals surface area (Å²) < 4.78 is 41.5. The van der Waals surface area contributed by atoms with Gasteiger partial charge in [0.25, 0.3) is 0 Å². The van der Waals surface area contributed by atoms with E-state index in [2.05, 4.69) is 17.0 Å². The number of nitrogens with zero attached hydrogens (tertiary/aromatic N) is 1. The molecule has 0 radical (unpaired) electrons. The highest BCUT2D eigenvalue weighted by molar-refractivity contribution is 5.73. The van der Waals surface area contributed by atoms with Crippen LogP contribution in [0, 0.1) is 0 Å². The van der Waals surface area contributed by atoms with Crippen LogP contribution in [-0.4, -0.2) is 30.9 Å². The van der Waals surface area contributed by atoms with Crippen molar-refractivity contribution in [1.29, 1.82) is 0 Å². The number of urea groups is 1. The maximum atomic E-state index is 12.5. The van der Waals surface area contributed by atoms with Crippen LogP contribution in [0.5, 0.6) is 5.75 Å². The largest absolute Gasteiger partial charge is 0.573 e. The van der Waals surface area contributed by atoms with Crippen LogP contribution in [0.25, 0.3) is 0 Å². The van der Waals surface area contributed by atoms with Crippen LogP contribution in [0.3, 0.4) is 0 Å². The number of amides is 2. The minimum Gasteiger partial charge on any atom is -0.405 e. The van der Waals surface area contributed by atoms with Gasteiger partial charge in [0.1, 0.15) is 5.75 Å². The molecule has 0 aliphatic rings. The first-order chi connectivity index (χ1) is 12.8. The van der Waals surface area contributed by atoms with Crippen LogP contribution < -0.4 is 10.1 Å². The highest BCUT2D eigenvalue weighted by Crippen LogP contribution is 2.27. The fourth-order valence-corrected chi connectivity index (χ4v) is 2.66. The predicted octanol–water partition coefficient (Wildman–Crippen LogP) is 4.92. The van der Waals surface area contributed by atoms with Gasteiger partial charge in [-0.3, -0.25) is 0 Å². The van der Waals surface area contributed by atoms with Crippen molar-refractivity contribution >= 4 is 6.03 Å². The second-order valence-electron chi connectivity index (χ2n) is 6.34. The van der Waals surface area contributed by atoms with Crippen molar-refractivity contribution in [3.63, 3.8) is 0 Å². The summed E-state index contributed by atoms with van der Waals surface area (Å²) in [6.07, 6.45) is -4.01. The lowest BCUT2D eigenvalue weighted by atomic mass is 9.98. The third kappa shape index (κ3) is 6.84. The van der Waals surface area contributed by atoms with E-state index >= 15 is 0 Å². The molecule has 1 N–H and O–H groups in total. The van der Waals surface area contributed by atoms with Gasteiger partial charge >= 0.3 is 12.4 Å². The first-order valence-corrected chi connectivity index (χ1v) is 8.64. The SMILES string of the molecule is CC(CCNC(=O)N(C)Cc1ccccc1OC(F)(F)F)c1ccccc1. The Morgan fingerprint density at radius 3 is 2.41 bits per heavy atom. The molecule has 0 spiro atoms. The highest BCUT2D eigenvalue weighted by atomic mass is 19.4. The monoisotopic (exact) mass is 380 g/mol. The summed E-state index contributed by atoms with van der Waals surface area (Å²) in [5.74, 6) is -0.0138. The van der Waals surface area contributed by atoms with Gasteiger partial charge in [-0.05, 0) is 24.0 Å². The summed E-state index contributed by atoms with van der Waals surface area (Å²) in [5, 5.41) is 2.80. The predicted molar refractivity (Wildman–Crippen MR) is 97.5 cm³/mol. The van der Waals surface area contributed by atoms with E-state index in [-0.39, 0.29) is 29.8 Å². The Labute approximate surface area is 156 Å². The van der Waals surface area contributed by atoms with E-state index in [1.807, 2.05) is 30.3 Å². The molecule has 0 fully saturated rings. The molecule has 2 amide bonds. The van der Waals surface area contributed by atoms with Gasteiger partial charge in [-0.25, -0.2) is 4.79 Å². The smallest absolute Gasteiger partial charge is 0.405 e. The van der Waals surface area contributed by atoms with Crippen LogP contribution >= 0.6 is 0 Å². The zero-order valence-electron chi connectivity index (χ0n) is 15.3. The molecule has 1 unspecified atom stereocenters. The average molecular weight is 380 g/mol. The molecular weight excluding hydrogens is 357 g/mol. The Balaban J connectivity index is 1.85. The molecular formula is C20H23F3N2O2. The number of halogens is 3. The van der Waals surface area contributed by atoms with Crippen LogP contribution in [0.1, 0.15) is 30.4 Å². The molecule has 0 aliphatic carbocycles. The van der Waals surface area contributed by atoms with Gasteiger partial charge in [-0.2, -0.15) is 0 Å². The Bertz CT molecular complexity index is 736. The molecule has 7 heteroatoms. The quantitative estimate of drug-likeness (QED) is 0.741. The molecule has 1 atom stereocenters. The van der Waals surface area contributed by atoms with Gasteiger partial charge in [-0.15, -0.1) is 13.2 Å². The van der Waals surface area contributed by atoms with Crippen LogP contribution in [-0.2, 0) is 6.54 Å². The lowest BCUT2D eigenvalue weighted by molar-refractivity contribution is -0.275. The third-order valence-electron chi connectivity index (χ3n) is 4.17. The Morgan fingerprint density at radius 2 is 1.74 bits per heavy atom. The number of hydrogen-bond acceptors (Lipinski definition) is 2. The molecule has 0 bridgehead atoms. The number of nitrogens with one attached hydrogen (secondary N) is 1. The van der Waals surface area contributed by atoms with Crippen LogP contribution in [0.15, 0.2) is 54.6 Å². The van der Waals surface area contributed by atoms with E-state index in [4.69, 9.17) is 0 Å². The van der Waals surface area contributed by atoms with E-state index in [1.165, 1.54) is 35.7 Å². The van der Waals surface area contributed by atoms with Gasteiger partial charge in [-0.1, -0.05) is 55.5 Å².